The average Bonchev–Trinajstić information content (AvgIpc) is 2.99. The molecule has 138 valence electrons. The summed E-state index contributed by atoms with van der Waals surface area (Å²) in [5.41, 5.74) is 1.11. The molecule has 1 aromatic carbocycles. The molecular weight excluding hydrogens is 316 g/mol. The second-order valence-electron chi connectivity index (χ2n) is 6.46. The van der Waals surface area contributed by atoms with Crippen molar-refractivity contribution < 1.29 is 9.59 Å². The molecule has 0 aromatic heterocycles. The molecule has 0 saturated carbocycles. The summed E-state index contributed by atoms with van der Waals surface area (Å²) in [6, 6.07) is 9.67. The number of nitrogens with one attached hydrogen (secondary N) is 2. The molecule has 2 atom stereocenters. The van der Waals surface area contributed by atoms with Gasteiger partial charge in [-0.2, -0.15) is 0 Å². The monoisotopic (exact) mass is 346 g/mol. The third-order valence-electron chi connectivity index (χ3n) is 4.85. The molecule has 1 fully saturated rings. The summed E-state index contributed by atoms with van der Waals surface area (Å²) in [4.78, 5) is 28.4. The minimum absolute atomic E-state index is 0.0197. The summed E-state index contributed by atoms with van der Waals surface area (Å²) < 4.78 is 0. The van der Waals surface area contributed by atoms with Crippen LogP contribution in [0, 0.1) is 0 Å². The van der Waals surface area contributed by atoms with E-state index in [4.69, 9.17) is 0 Å². The smallest absolute Gasteiger partial charge is 0.315 e. The van der Waals surface area contributed by atoms with E-state index in [9.17, 15) is 9.59 Å². The number of amides is 3. The number of rotatable bonds is 8. The van der Waals surface area contributed by atoms with Crippen LogP contribution >= 0.6 is 0 Å². The van der Waals surface area contributed by atoms with Crippen LogP contribution in [0.2, 0.25) is 0 Å². The zero-order chi connectivity index (χ0) is 18.2. The Hall–Kier alpha value is -2.08. The predicted molar refractivity (Wildman–Crippen MR) is 99.3 cm³/mol. The van der Waals surface area contributed by atoms with Crippen LogP contribution in [0.4, 0.5) is 4.79 Å². The topological polar surface area (TPSA) is 64.7 Å². The van der Waals surface area contributed by atoms with Crippen molar-refractivity contribution >= 4 is 11.9 Å². The second-order valence-corrected chi connectivity index (χ2v) is 6.46. The third kappa shape index (κ3) is 5.46. The van der Waals surface area contributed by atoms with Crippen LogP contribution in [-0.2, 0) is 4.79 Å². The second kappa shape index (κ2) is 9.42. The van der Waals surface area contributed by atoms with E-state index in [-0.39, 0.29) is 24.0 Å². The van der Waals surface area contributed by atoms with E-state index in [1.165, 1.54) is 0 Å². The van der Waals surface area contributed by atoms with Gasteiger partial charge in [0.15, 0.2) is 0 Å². The molecule has 6 heteroatoms. The van der Waals surface area contributed by atoms with Gasteiger partial charge >= 0.3 is 6.03 Å². The standard InChI is InChI=1S/C19H30N4O2/c1-4-22(5-2)12-11-20-19(25)21-17-13-18(24)23(14-17)15(3)16-9-7-6-8-10-16/h6-10,15,17H,4-5,11-14H2,1-3H3,(H2,20,21,25). The molecule has 0 spiro atoms. The van der Waals surface area contributed by atoms with Crippen LogP contribution in [-0.4, -0.2) is 60.5 Å². The van der Waals surface area contributed by atoms with Crippen LogP contribution in [0.3, 0.4) is 0 Å². The first kappa shape index (κ1) is 19.2. The number of carbonyl (C=O) groups excluding carboxylic acids is 2. The van der Waals surface area contributed by atoms with Crippen molar-refractivity contribution in [2.45, 2.75) is 39.3 Å². The molecule has 3 amide bonds. The number of likely N-dealkylation sites (tertiary alicyclic amines) is 1. The zero-order valence-corrected chi connectivity index (χ0v) is 15.5. The quantitative estimate of drug-likeness (QED) is 0.757. The maximum absolute atomic E-state index is 12.3. The molecule has 25 heavy (non-hydrogen) atoms. The van der Waals surface area contributed by atoms with Crippen LogP contribution in [0.5, 0.6) is 0 Å². The van der Waals surface area contributed by atoms with Crippen molar-refractivity contribution in [3.63, 3.8) is 0 Å². The van der Waals surface area contributed by atoms with Crippen molar-refractivity contribution in [1.82, 2.24) is 20.4 Å². The highest BCUT2D eigenvalue weighted by atomic mass is 16.2. The fourth-order valence-electron chi connectivity index (χ4n) is 3.22. The Morgan fingerprint density at radius 3 is 2.60 bits per heavy atom. The van der Waals surface area contributed by atoms with E-state index in [1.807, 2.05) is 42.2 Å². The van der Waals surface area contributed by atoms with Crippen molar-refractivity contribution in [3.05, 3.63) is 35.9 Å². The number of likely N-dealkylation sites (N-methyl/N-ethyl adjacent to an activating group) is 1. The van der Waals surface area contributed by atoms with Crippen molar-refractivity contribution in [1.29, 1.82) is 0 Å². The molecule has 0 radical (unpaired) electrons. The van der Waals surface area contributed by atoms with Gasteiger partial charge in [0.1, 0.15) is 0 Å². The van der Waals surface area contributed by atoms with Crippen LogP contribution < -0.4 is 10.6 Å². The molecule has 1 aromatic rings. The normalized spacial score (nSPS) is 18.5. The lowest BCUT2D eigenvalue weighted by Crippen LogP contribution is -2.45. The van der Waals surface area contributed by atoms with Crippen molar-refractivity contribution in [3.8, 4) is 0 Å². The van der Waals surface area contributed by atoms with Crippen LogP contribution in [0.15, 0.2) is 30.3 Å². The van der Waals surface area contributed by atoms with Crippen molar-refractivity contribution in [2.75, 3.05) is 32.7 Å². The maximum atomic E-state index is 12.3. The highest BCUT2D eigenvalue weighted by Crippen LogP contribution is 2.25. The zero-order valence-electron chi connectivity index (χ0n) is 15.5. The van der Waals surface area contributed by atoms with Crippen LogP contribution in [0.1, 0.15) is 38.8 Å². The SMILES string of the molecule is CCN(CC)CCNC(=O)NC1CC(=O)N(C(C)c2ccccc2)C1. The van der Waals surface area contributed by atoms with Crippen LogP contribution in [0.25, 0.3) is 0 Å². The summed E-state index contributed by atoms with van der Waals surface area (Å²) in [5.74, 6) is 0.0878. The molecule has 1 aliphatic heterocycles. The number of hydrogen-bond donors (Lipinski definition) is 2. The Balaban J connectivity index is 1.79. The Kier molecular flexibility index (Phi) is 7.25. The fraction of sp³-hybridized carbons (Fsp3) is 0.579. The van der Waals surface area contributed by atoms with E-state index >= 15 is 0 Å². The van der Waals surface area contributed by atoms with Gasteiger partial charge < -0.3 is 20.4 Å². The van der Waals surface area contributed by atoms with Crippen molar-refractivity contribution in [2.24, 2.45) is 0 Å². The highest BCUT2D eigenvalue weighted by Gasteiger charge is 2.33. The minimum atomic E-state index is -0.195. The van der Waals surface area contributed by atoms with Gasteiger partial charge in [-0.25, -0.2) is 4.79 Å². The first-order valence-electron chi connectivity index (χ1n) is 9.16. The average molecular weight is 346 g/mol. The van der Waals surface area contributed by atoms with Gasteiger partial charge in [0.05, 0.1) is 12.1 Å². The molecule has 2 unspecified atom stereocenters. The molecular formula is C19H30N4O2. The molecule has 2 N–H and O–H groups in total. The Morgan fingerprint density at radius 2 is 1.96 bits per heavy atom. The molecule has 1 aliphatic rings. The largest absolute Gasteiger partial charge is 0.337 e. The molecule has 0 aliphatic carbocycles. The summed E-state index contributed by atoms with van der Waals surface area (Å²) in [6.07, 6.45) is 0.362. The predicted octanol–water partition coefficient (Wildman–Crippen LogP) is 1.99. The number of benzene rings is 1. The Labute approximate surface area is 150 Å². The Bertz CT molecular complexity index is 560. The Morgan fingerprint density at radius 1 is 1.28 bits per heavy atom. The summed E-state index contributed by atoms with van der Waals surface area (Å²) in [7, 11) is 0. The van der Waals surface area contributed by atoms with Gasteiger partial charge in [-0.3, -0.25) is 4.79 Å². The number of carbonyl (C=O) groups is 2. The lowest BCUT2D eigenvalue weighted by atomic mass is 10.1. The summed E-state index contributed by atoms with van der Waals surface area (Å²) in [5, 5.41) is 5.80. The molecule has 1 saturated heterocycles. The van der Waals surface area contributed by atoms with Gasteiger partial charge in [-0.05, 0) is 25.6 Å². The van der Waals surface area contributed by atoms with E-state index in [2.05, 4.69) is 29.4 Å². The minimum Gasteiger partial charge on any atom is -0.337 e. The fourth-order valence-corrected chi connectivity index (χ4v) is 3.22. The number of urea groups is 1. The summed E-state index contributed by atoms with van der Waals surface area (Å²) in [6.45, 7) is 10.2. The molecule has 0 bridgehead atoms. The van der Waals surface area contributed by atoms with E-state index in [0.29, 0.717) is 19.5 Å². The molecule has 6 nitrogen and oxygen atoms in total. The van der Waals surface area contributed by atoms with E-state index in [0.717, 1.165) is 25.2 Å². The van der Waals surface area contributed by atoms with Gasteiger partial charge in [0, 0.05) is 26.1 Å². The first-order valence-corrected chi connectivity index (χ1v) is 9.16. The van der Waals surface area contributed by atoms with Gasteiger partial charge in [-0.1, -0.05) is 44.2 Å². The summed E-state index contributed by atoms with van der Waals surface area (Å²) >= 11 is 0. The number of hydrogen-bond acceptors (Lipinski definition) is 3. The van der Waals surface area contributed by atoms with Gasteiger partial charge in [0.25, 0.3) is 0 Å². The third-order valence-corrected chi connectivity index (χ3v) is 4.85. The number of nitrogens with zero attached hydrogens (tertiary/aromatic N) is 2. The van der Waals surface area contributed by atoms with E-state index < -0.39 is 0 Å². The first-order chi connectivity index (χ1) is 12.0. The van der Waals surface area contributed by atoms with Gasteiger partial charge in [0.2, 0.25) is 5.91 Å². The maximum Gasteiger partial charge on any atom is 0.315 e. The van der Waals surface area contributed by atoms with Gasteiger partial charge in [-0.15, -0.1) is 0 Å². The van der Waals surface area contributed by atoms with E-state index in [1.54, 1.807) is 0 Å². The molecule has 1 heterocycles. The molecule has 2 rings (SSSR count). The lowest BCUT2D eigenvalue weighted by Gasteiger charge is -2.25. The lowest BCUT2D eigenvalue weighted by molar-refractivity contribution is -0.129. The highest BCUT2D eigenvalue weighted by molar-refractivity contribution is 5.82.